The number of phenols is 1. The molecule has 0 bridgehead atoms. The molecule has 0 saturated heterocycles. The van der Waals surface area contributed by atoms with Gasteiger partial charge in [0.1, 0.15) is 5.75 Å². The van der Waals surface area contributed by atoms with Gasteiger partial charge in [0.2, 0.25) is 0 Å². The number of rotatable bonds is 3. The van der Waals surface area contributed by atoms with Gasteiger partial charge >= 0.3 is 0 Å². The molecule has 2 N–H and O–H groups in total. The number of aromatic hydroxyl groups is 1. The monoisotopic (exact) mass is 255 g/mol. The highest BCUT2D eigenvalue weighted by atomic mass is 16.3. The lowest BCUT2D eigenvalue weighted by atomic mass is 9.99. The summed E-state index contributed by atoms with van der Waals surface area (Å²) in [5, 5.41) is 15.6. The van der Waals surface area contributed by atoms with Crippen LogP contribution in [0, 0.1) is 5.92 Å². The summed E-state index contributed by atoms with van der Waals surface area (Å²) in [6, 6.07) is 12.3. The van der Waals surface area contributed by atoms with Gasteiger partial charge in [-0.25, -0.2) is 0 Å². The van der Waals surface area contributed by atoms with E-state index in [4.69, 9.17) is 0 Å². The average molecular weight is 255 g/mol. The van der Waals surface area contributed by atoms with Crippen LogP contribution < -0.4 is 5.32 Å². The van der Waals surface area contributed by atoms with Gasteiger partial charge in [-0.1, -0.05) is 37.1 Å². The molecular weight excluding hydrogens is 234 g/mol. The Morgan fingerprint density at radius 3 is 2.53 bits per heavy atom. The Balaban J connectivity index is 1.90. The summed E-state index contributed by atoms with van der Waals surface area (Å²) in [5.74, 6) is 1.14. The van der Waals surface area contributed by atoms with Gasteiger partial charge in [0, 0.05) is 22.5 Å². The van der Waals surface area contributed by atoms with E-state index in [-0.39, 0.29) is 0 Å². The van der Waals surface area contributed by atoms with Crippen molar-refractivity contribution in [2.45, 2.75) is 38.6 Å². The highest BCUT2D eigenvalue weighted by Crippen LogP contribution is 2.33. The summed E-state index contributed by atoms with van der Waals surface area (Å²) in [6.45, 7) is 2.28. The molecule has 1 aliphatic carbocycles. The molecule has 1 fully saturated rings. The molecule has 1 atom stereocenters. The summed E-state index contributed by atoms with van der Waals surface area (Å²) in [4.78, 5) is 0. The van der Waals surface area contributed by atoms with Crippen LogP contribution in [-0.4, -0.2) is 11.1 Å². The van der Waals surface area contributed by atoms with Gasteiger partial charge in [0.15, 0.2) is 0 Å². The van der Waals surface area contributed by atoms with Crippen LogP contribution in [-0.2, 0) is 0 Å². The number of benzene rings is 2. The van der Waals surface area contributed by atoms with Crippen LogP contribution in [0.5, 0.6) is 5.75 Å². The highest BCUT2D eigenvalue weighted by Gasteiger charge is 2.21. The van der Waals surface area contributed by atoms with Crippen molar-refractivity contribution >= 4 is 16.5 Å². The normalized spacial score (nSPS) is 17.7. The van der Waals surface area contributed by atoms with Crippen molar-refractivity contribution in [3.8, 4) is 5.75 Å². The van der Waals surface area contributed by atoms with E-state index in [0.717, 1.165) is 22.4 Å². The number of fused-ring (bicyclic) bond motifs is 1. The summed E-state index contributed by atoms with van der Waals surface area (Å²) in [5.41, 5.74) is 1.13. The zero-order valence-electron chi connectivity index (χ0n) is 11.4. The van der Waals surface area contributed by atoms with Gasteiger partial charge in [-0.3, -0.25) is 0 Å². The molecule has 1 unspecified atom stereocenters. The second kappa shape index (κ2) is 5.12. The zero-order valence-corrected chi connectivity index (χ0v) is 11.4. The second-order valence-corrected chi connectivity index (χ2v) is 5.66. The summed E-state index contributed by atoms with van der Waals surface area (Å²) in [6.07, 6.45) is 5.41. The predicted molar refractivity (Wildman–Crippen MR) is 80.7 cm³/mol. The lowest BCUT2D eigenvalue weighted by molar-refractivity contribution is 0.481. The van der Waals surface area contributed by atoms with Crippen LogP contribution in [0.2, 0.25) is 0 Å². The first kappa shape index (κ1) is 12.3. The van der Waals surface area contributed by atoms with Crippen LogP contribution in [0.25, 0.3) is 10.8 Å². The van der Waals surface area contributed by atoms with Crippen molar-refractivity contribution in [3.63, 3.8) is 0 Å². The molecule has 100 valence electrons. The third-order valence-electron chi connectivity index (χ3n) is 4.39. The van der Waals surface area contributed by atoms with Crippen molar-refractivity contribution in [2.24, 2.45) is 5.92 Å². The Morgan fingerprint density at radius 2 is 1.74 bits per heavy atom. The van der Waals surface area contributed by atoms with Crippen LogP contribution >= 0.6 is 0 Å². The first-order valence-electron chi connectivity index (χ1n) is 7.23. The molecule has 0 aliphatic heterocycles. The molecule has 1 aliphatic rings. The minimum atomic E-state index is 0.356. The van der Waals surface area contributed by atoms with Crippen molar-refractivity contribution < 1.29 is 5.11 Å². The standard InChI is InChI=1S/C17H21NO/c1-12(13-6-2-3-7-13)18-16-10-4-9-15-14(16)8-5-11-17(15)19/h4-5,8-13,18-19H,2-3,6-7H2,1H3. The Labute approximate surface area is 114 Å². The molecule has 2 nitrogen and oxygen atoms in total. The number of phenolic OH excluding ortho intramolecular Hbond substituents is 1. The maximum absolute atomic E-state index is 9.91. The molecule has 2 aromatic carbocycles. The van der Waals surface area contributed by atoms with E-state index in [9.17, 15) is 5.11 Å². The summed E-state index contributed by atoms with van der Waals surface area (Å²) in [7, 11) is 0. The van der Waals surface area contributed by atoms with Crippen molar-refractivity contribution in [3.05, 3.63) is 36.4 Å². The maximum atomic E-state index is 9.91. The molecule has 1 saturated carbocycles. The van der Waals surface area contributed by atoms with E-state index in [1.54, 1.807) is 6.07 Å². The molecule has 19 heavy (non-hydrogen) atoms. The fraction of sp³-hybridized carbons (Fsp3) is 0.412. The van der Waals surface area contributed by atoms with Gasteiger partial charge in [-0.05, 0) is 37.8 Å². The van der Waals surface area contributed by atoms with E-state index in [1.165, 1.54) is 25.7 Å². The first-order chi connectivity index (χ1) is 9.25. The van der Waals surface area contributed by atoms with Crippen molar-refractivity contribution in [1.29, 1.82) is 0 Å². The number of hydrogen-bond acceptors (Lipinski definition) is 2. The average Bonchev–Trinajstić information content (AvgIpc) is 2.94. The lowest BCUT2D eigenvalue weighted by Gasteiger charge is -2.22. The van der Waals surface area contributed by atoms with Crippen molar-refractivity contribution in [2.75, 3.05) is 5.32 Å². The number of hydrogen-bond donors (Lipinski definition) is 2. The molecule has 0 spiro atoms. The fourth-order valence-electron chi connectivity index (χ4n) is 3.24. The van der Waals surface area contributed by atoms with Crippen LogP contribution in [0.3, 0.4) is 0 Å². The zero-order chi connectivity index (χ0) is 13.2. The van der Waals surface area contributed by atoms with Gasteiger partial charge in [-0.15, -0.1) is 0 Å². The third-order valence-corrected chi connectivity index (χ3v) is 4.39. The van der Waals surface area contributed by atoms with Gasteiger partial charge < -0.3 is 10.4 Å². The summed E-state index contributed by atoms with van der Waals surface area (Å²) >= 11 is 0. The van der Waals surface area contributed by atoms with E-state index < -0.39 is 0 Å². The lowest BCUT2D eigenvalue weighted by Crippen LogP contribution is -2.23. The highest BCUT2D eigenvalue weighted by molar-refractivity contribution is 5.97. The molecule has 3 rings (SSSR count). The molecule has 0 radical (unpaired) electrons. The minimum absolute atomic E-state index is 0.356. The Morgan fingerprint density at radius 1 is 1.05 bits per heavy atom. The maximum Gasteiger partial charge on any atom is 0.123 e. The third kappa shape index (κ3) is 2.40. The topological polar surface area (TPSA) is 32.3 Å². The van der Waals surface area contributed by atoms with Gasteiger partial charge in [-0.2, -0.15) is 0 Å². The SMILES string of the molecule is CC(Nc1cccc2c(O)cccc12)C1CCCC1. The molecule has 0 amide bonds. The largest absolute Gasteiger partial charge is 0.507 e. The Kier molecular flexibility index (Phi) is 3.33. The van der Waals surface area contributed by atoms with E-state index in [0.29, 0.717) is 11.8 Å². The molecule has 2 aromatic rings. The van der Waals surface area contributed by atoms with Crippen LogP contribution in [0.4, 0.5) is 5.69 Å². The smallest absolute Gasteiger partial charge is 0.123 e. The fourth-order valence-corrected chi connectivity index (χ4v) is 3.24. The summed E-state index contributed by atoms with van der Waals surface area (Å²) < 4.78 is 0. The van der Waals surface area contributed by atoms with Gasteiger partial charge in [0.05, 0.1) is 0 Å². The Bertz CT molecular complexity index is 572. The molecule has 0 heterocycles. The van der Waals surface area contributed by atoms with Crippen LogP contribution in [0.1, 0.15) is 32.6 Å². The quantitative estimate of drug-likeness (QED) is 0.844. The van der Waals surface area contributed by atoms with E-state index in [1.807, 2.05) is 18.2 Å². The predicted octanol–water partition coefficient (Wildman–Crippen LogP) is 4.54. The van der Waals surface area contributed by atoms with Gasteiger partial charge in [0.25, 0.3) is 0 Å². The minimum Gasteiger partial charge on any atom is -0.507 e. The Hall–Kier alpha value is -1.70. The van der Waals surface area contributed by atoms with Crippen molar-refractivity contribution in [1.82, 2.24) is 0 Å². The second-order valence-electron chi connectivity index (χ2n) is 5.66. The van der Waals surface area contributed by atoms with Crippen LogP contribution in [0.15, 0.2) is 36.4 Å². The molecule has 2 heteroatoms. The van der Waals surface area contributed by atoms with E-state index in [2.05, 4.69) is 24.4 Å². The molecule has 0 aromatic heterocycles. The van der Waals surface area contributed by atoms with E-state index >= 15 is 0 Å². The molecular formula is C17H21NO. The number of nitrogens with one attached hydrogen (secondary N) is 1. The number of anilines is 1. The first-order valence-corrected chi connectivity index (χ1v) is 7.23.